The summed E-state index contributed by atoms with van der Waals surface area (Å²) in [7, 11) is 0. The van der Waals surface area contributed by atoms with E-state index in [2.05, 4.69) is 10.2 Å². The van der Waals surface area contributed by atoms with Gasteiger partial charge in [-0.3, -0.25) is 0 Å². The van der Waals surface area contributed by atoms with Crippen LogP contribution in [-0.4, -0.2) is 10.2 Å². The van der Waals surface area contributed by atoms with E-state index < -0.39 is 11.7 Å². The Bertz CT molecular complexity index is 582. The molecule has 1 aromatic carbocycles. The van der Waals surface area contributed by atoms with Crippen LogP contribution in [0, 0.1) is 6.92 Å². The summed E-state index contributed by atoms with van der Waals surface area (Å²) in [6.45, 7) is 1.71. The van der Waals surface area contributed by atoms with Gasteiger partial charge >= 0.3 is 6.18 Å². The molecule has 0 aliphatic heterocycles. The lowest BCUT2D eigenvalue weighted by atomic mass is 10.1. The fourth-order valence-electron chi connectivity index (χ4n) is 1.41. The Morgan fingerprint density at radius 3 is 2.42 bits per heavy atom. The molecule has 0 saturated carbocycles. The highest BCUT2D eigenvalue weighted by atomic mass is 19.4. The zero-order chi connectivity index (χ0) is 14.0. The molecule has 0 aliphatic rings. The number of benzene rings is 1. The van der Waals surface area contributed by atoms with Gasteiger partial charge in [-0.05, 0) is 31.2 Å². The SMILES string of the molecule is Cc1ccc(Oc2ccc(N)cc2C(F)(F)F)nn1. The molecule has 1 aromatic heterocycles. The largest absolute Gasteiger partial charge is 0.437 e. The van der Waals surface area contributed by atoms with Gasteiger partial charge in [0, 0.05) is 11.8 Å². The van der Waals surface area contributed by atoms with Gasteiger partial charge in [0.2, 0.25) is 5.88 Å². The van der Waals surface area contributed by atoms with Crippen molar-refractivity contribution in [2.24, 2.45) is 0 Å². The number of ether oxygens (including phenoxy) is 1. The summed E-state index contributed by atoms with van der Waals surface area (Å²) in [5.74, 6) is -0.374. The summed E-state index contributed by atoms with van der Waals surface area (Å²) >= 11 is 0. The van der Waals surface area contributed by atoms with Gasteiger partial charge in [0.05, 0.1) is 5.69 Å². The maximum atomic E-state index is 12.8. The second kappa shape index (κ2) is 4.75. The Morgan fingerprint density at radius 1 is 1.11 bits per heavy atom. The third kappa shape index (κ3) is 3.12. The van der Waals surface area contributed by atoms with Crippen LogP contribution in [-0.2, 0) is 6.18 Å². The van der Waals surface area contributed by atoms with Crippen LogP contribution < -0.4 is 10.5 Å². The first-order valence-electron chi connectivity index (χ1n) is 5.31. The van der Waals surface area contributed by atoms with E-state index in [1.165, 1.54) is 12.1 Å². The zero-order valence-corrected chi connectivity index (χ0v) is 9.90. The Kier molecular flexibility index (Phi) is 3.28. The van der Waals surface area contributed by atoms with Gasteiger partial charge < -0.3 is 10.5 Å². The molecular weight excluding hydrogens is 259 g/mol. The molecule has 4 nitrogen and oxygen atoms in total. The minimum atomic E-state index is -4.55. The highest BCUT2D eigenvalue weighted by Gasteiger charge is 2.34. The molecule has 7 heteroatoms. The van der Waals surface area contributed by atoms with Gasteiger partial charge in [-0.25, -0.2) is 0 Å². The van der Waals surface area contributed by atoms with Crippen molar-refractivity contribution in [1.29, 1.82) is 0 Å². The van der Waals surface area contributed by atoms with Gasteiger partial charge in [-0.1, -0.05) is 0 Å². The summed E-state index contributed by atoms with van der Waals surface area (Å²) in [5, 5.41) is 7.35. The minimum absolute atomic E-state index is 0.00895. The predicted octanol–water partition coefficient (Wildman–Crippen LogP) is 3.18. The van der Waals surface area contributed by atoms with Gasteiger partial charge in [0.15, 0.2) is 0 Å². The zero-order valence-electron chi connectivity index (χ0n) is 9.90. The third-order valence-corrected chi connectivity index (χ3v) is 2.30. The maximum Gasteiger partial charge on any atom is 0.420 e. The fraction of sp³-hybridized carbons (Fsp3) is 0.167. The van der Waals surface area contributed by atoms with Crippen LogP contribution >= 0.6 is 0 Å². The van der Waals surface area contributed by atoms with Gasteiger partial charge in [0.1, 0.15) is 11.3 Å². The van der Waals surface area contributed by atoms with Crippen molar-refractivity contribution in [3.63, 3.8) is 0 Å². The normalized spacial score (nSPS) is 11.4. The van der Waals surface area contributed by atoms with Crippen molar-refractivity contribution < 1.29 is 17.9 Å². The number of halogens is 3. The summed E-state index contributed by atoms with van der Waals surface area (Å²) in [6, 6.07) is 6.33. The van der Waals surface area contributed by atoms with Crippen LogP contribution in [0.25, 0.3) is 0 Å². The average molecular weight is 269 g/mol. The van der Waals surface area contributed by atoms with Crippen LogP contribution in [0.5, 0.6) is 11.6 Å². The minimum Gasteiger partial charge on any atom is -0.437 e. The summed E-state index contributed by atoms with van der Waals surface area (Å²) in [6.07, 6.45) is -4.55. The number of hydrogen-bond acceptors (Lipinski definition) is 4. The molecule has 0 spiro atoms. The fourth-order valence-corrected chi connectivity index (χ4v) is 1.41. The number of aryl methyl sites for hydroxylation is 1. The van der Waals surface area contributed by atoms with Crippen LogP contribution in [0.2, 0.25) is 0 Å². The first kappa shape index (κ1) is 13.1. The Hall–Kier alpha value is -2.31. The second-order valence-corrected chi connectivity index (χ2v) is 3.87. The molecule has 0 radical (unpaired) electrons. The monoisotopic (exact) mass is 269 g/mol. The van der Waals surface area contributed by atoms with Crippen LogP contribution in [0.4, 0.5) is 18.9 Å². The van der Waals surface area contributed by atoms with Crippen molar-refractivity contribution in [2.45, 2.75) is 13.1 Å². The predicted molar refractivity (Wildman–Crippen MR) is 62.7 cm³/mol. The van der Waals surface area contributed by atoms with E-state index >= 15 is 0 Å². The Balaban J connectivity index is 2.37. The van der Waals surface area contributed by atoms with Crippen molar-refractivity contribution in [3.8, 4) is 11.6 Å². The summed E-state index contributed by atoms with van der Waals surface area (Å²) < 4.78 is 43.6. The number of nitrogens with two attached hydrogens (primary N) is 1. The average Bonchev–Trinajstić information content (AvgIpc) is 2.33. The Labute approximate surface area is 107 Å². The highest BCUT2D eigenvalue weighted by molar-refractivity contribution is 5.49. The van der Waals surface area contributed by atoms with Crippen molar-refractivity contribution in [1.82, 2.24) is 10.2 Å². The van der Waals surface area contributed by atoms with E-state index in [0.717, 1.165) is 12.1 Å². The molecule has 0 bridgehead atoms. The van der Waals surface area contributed by atoms with Crippen LogP contribution in [0.3, 0.4) is 0 Å². The standard InChI is InChI=1S/C12H10F3N3O/c1-7-2-5-11(18-17-7)19-10-4-3-8(16)6-9(10)12(13,14)15/h2-6H,16H2,1H3. The highest BCUT2D eigenvalue weighted by Crippen LogP contribution is 2.38. The summed E-state index contributed by atoms with van der Waals surface area (Å²) in [5.41, 5.74) is 5.05. The number of rotatable bonds is 2. The third-order valence-electron chi connectivity index (χ3n) is 2.30. The van der Waals surface area contributed by atoms with Gasteiger partial charge in [0.25, 0.3) is 0 Å². The maximum absolute atomic E-state index is 12.8. The molecule has 0 unspecified atom stereocenters. The summed E-state index contributed by atoms with van der Waals surface area (Å²) in [4.78, 5) is 0. The molecule has 1 heterocycles. The molecule has 2 N–H and O–H groups in total. The quantitative estimate of drug-likeness (QED) is 0.850. The van der Waals surface area contributed by atoms with E-state index in [0.29, 0.717) is 5.69 Å². The van der Waals surface area contributed by atoms with E-state index in [1.54, 1.807) is 13.0 Å². The molecule has 19 heavy (non-hydrogen) atoms. The molecular formula is C12H10F3N3O. The van der Waals surface area contributed by atoms with E-state index in [4.69, 9.17) is 10.5 Å². The first-order valence-corrected chi connectivity index (χ1v) is 5.31. The smallest absolute Gasteiger partial charge is 0.420 e. The molecule has 2 rings (SSSR count). The van der Waals surface area contributed by atoms with E-state index in [1.807, 2.05) is 0 Å². The molecule has 0 amide bonds. The molecule has 100 valence electrons. The first-order chi connectivity index (χ1) is 8.86. The number of aromatic nitrogens is 2. The van der Waals surface area contributed by atoms with Crippen molar-refractivity contribution in [3.05, 3.63) is 41.6 Å². The number of hydrogen-bond donors (Lipinski definition) is 1. The van der Waals surface area contributed by atoms with Crippen molar-refractivity contribution in [2.75, 3.05) is 5.73 Å². The molecule has 0 aliphatic carbocycles. The number of alkyl halides is 3. The van der Waals surface area contributed by atoms with E-state index in [9.17, 15) is 13.2 Å². The number of nitrogens with zero attached hydrogens (tertiary/aromatic N) is 2. The topological polar surface area (TPSA) is 61.0 Å². The van der Waals surface area contributed by atoms with Crippen LogP contribution in [0.1, 0.15) is 11.3 Å². The van der Waals surface area contributed by atoms with Crippen LogP contribution in [0.15, 0.2) is 30.3 Å². The molecule has 0 atom stereocenters. The molecule has 0 fully saturated rings. The van der Waals surface area contributed by atoms with Crippen molar-refractivity contribution >= 4 is 5.69 Å². The number of anilines is 1. The number of nitrogen functional groups attached to an aromatic ring is 1. The second-order valence-electron chi connectivity index (χ2n) is 3.87. The molecule has 0 saturated heterocycles. The lowest BCUT2D eigenvalue weighted by Crippen LogP contribution is -2.08. The lowest BCUT2D eigenvalue weighted by Gasteiger charge is -2.13. The molecule has 2 aromatic rings. The lowest BCUT2D eigenvalue weighted by molar-refractivity contribution is -0.138. The Morgan fingerprint density at radius 2 is 1.84 bits per heavy atom. The van der Waals surface area contributed by atoms with Gasteiger partial charge in [-0.15, -0.1) is 5.10 Å². The van der Waals surface area contributed by atoms with Gasteiger partial charge in [-0.2, -0.15) is 18.3 Å². The van der Waals surface area contributed by atoms with E-state index in [-0.39, 0.29) is 17.3 Å².